The number of carbonyl (C=O) groups is 2. The van der Waals surface area contributed by atoms with Crippen molar-refractivity contribution in [1.29, 1.82) is 0 Å². The Bertz CT molecular complexity index is 1220. The molecule has 2 amide bonds. The third-order valence-electron chi connectivity index (χ3n) is 6.19. The Kier molecular flexibility index (Phi) is 5.49. The summed E-state index contributed by atoms with van der Waals surface area (Å²) in [6.45, 7) is 2.30. The van der Waals surface area contributed by atoms with Gasteiger partial charge in [-0.15, -0.1) is 0 Å². The number of aromatic nitrogens is 2. The SMILES string of the molecule is COC(=O)n1ncc2c(NC(=O)NN3CCc4cc(N5CCCCC5)c(F)cc43)cccc21. The molecule has 0 saturated carbocycles. The number of urea groups is 1. The number of hydrogen-bond donors (Lipinski definition) is 2. The second-order valence-electron chi connectivity index (χ2n) is 8.21. The second-order valence-corrected chi connectivity index (χ2v) is 8.21. The zero-order chi connectivity index (χ0) is 22.9. The van der Waals surface area contributed by atoms with Crippen molar-refractivity contribution in [3.05, 3.63) is 47.9 Å². The molecule has 2 aliphatic rings. The molecule has 2 N–H and O–H groups in total. The molecule has 0 atom stereocenters. The maximum atomic E-state index is 14.9. The number of hydrazine groups is 1. The van der Waals surface area contributed by atoms with Gasteiger partial charge in [-0.05, 0) is 49.4 Å². The van der Waals surface area contributed by atoms with E-state index in [2.05, 4.69) is 20.7 Å². The van der Waals surface area contributed by atoms with E-state index in [1.54, 1.807) is 23.2 Å². The van der Waals surface area contributed by atoms with Crippen LogP contribution in [0.2, 0.25) is 0 Å². The van der Waals surface area contributed by atoms with Crippen LogP contribution in [0, 0.1) is 5.82 Å². The topological polar surface area (TPSA) is 91.7 Å². The van der Waals surface area contributed by atoms with E-state index in [4.69, 9.17) is 4.74 Å². The maximum absolute atomic E-state index is 14.9. The molecule has 1 aromatic heterocycles. The van der Waals surface area contributed by atoms with Gasteiger partial charge in [-0.1, -0.05) is 6.07 Å². The van der Waals surface area contributed by atoms with Crippen molar-refractivity contribution in [3.8, 4) is 0 Å². The third-order valence-corrected chi connectivity index (χ3v) is 6.19. The first-order chi connectivity index (χ1) is 16.0. The maximum Gasteiger partial charge on any atom is 0.434 e. The summed E-state index contributed by atoms with van der Waals surface area (Å²) in [5.41, 5.74) is 6.13. The molecule has 1 saturated heterocycles. The van der Waals surface area contributed by atoms with Gasteiger partial charge in [-0.2, -0.15) is 9.78 Å². The smallest absolute Gasteiger partial charge is 0.434 e. The Balaban J connectivity index is 1.32. The number of hydrogen-bond acceptors (Lipinski definition) is 6. The van der Waals surface area contributed by atoms with Crippen molar-refractivity contribution < 1.29 is 18.7 Å². The molecule has 172 valence electrons. The highest BCUT2D eigenvalue weighted by atomic mass is 19.1. The van der Waals surface area contributed by atoms with Gasteiger partial charge in [0, 0.05) is 31.1 Å². The van der Waals surface area contributed by atoms with Crippen LogP contribution in [0.3, 0.4) is 0 Å². The highest BCUT2D eigenvalue weighted by Crippen LogP contribution is 2.34. The van der Waals surface area contributed by atoms with E-state index in [0.29, 0.717) is 34.5 Å². The summed E-state index contributed by atoms with van der Waals surface area (Å²) < 4.78 is 20.8. The predicted octanol–water partition coefficient (Wildman–Crippen LogP) is 3.88. The van der Waals surface area contributed by atoms with Gasteiger partial charge in [-0.3, -0.25) is 5.01 Å². The van der Waals surface area contributed by atoms with Crippen molar-refractivity contribution in [1.82, 2.24) is 15.2 Å². The lowest BCUT2D eigenvalue weighted by Crippen LogP contribution is -2.43. The number of amides is 2. The number of anilines is 3. The fourth-order valence-electron chi connectivity index (χ4n) is 4.56. The minimum Gasteiger partial charge on any atom is -0.451 e. The number of piperidine rings is 1. The fourth-order valence-corrected chi connectivity index (χ4v) is 4.56. The van der Waals surface area contributed by atoms with Gasteiger partial charge in [0.05, 0.1) is 35.9 Å². The first-order valence-electron chi connectivity index (χ1n) is 11.0. The summed E-state index contributed by atoms with van der Waals surface area (Å²) >= 11 is 0. The van der Waals surface area contributed by atoms with Crippen LogP contribution in [0.1, 0.15) is 24.8 Å². The summed E-state index contributed by atoms with van der Waals surface area (Å²) in [5, 5.41) is 9.08. The summed E-state index contributed by atoms with van der Waals surface area (Å²) in [6.07, 6.45) is 4.94. The first-order valence-corrected chi connectivity index (χ1v) is 11.0. The Morgan fingerprint density at radius 2 is 1.91 bits per heavy atom. The van der Waals surface area contributed by atoms with Crippen LogP contribution < -0.4 is 20.7 Å². The highest BCUT2D eigenvalue weighted by Gasteiger charge is 2.25. The molecule has 0 bridgehead atoms. The van der Waals surface area contributed by atoms with Crippen LogP contribution in [0.4, 0.5) is 31.0 Å². The van der Waals surface area contributed by atoms with Gasteiger partial charge in [0.2, 0.25) is 0 Å². The van der Waals surface area contributed by atoms with E-state index < -0.39 is 12.1 Å². The van der Waals surface area contributed by atoms with Crippen LogP contribution in [-0.4, -0.2) is 48.6 Å². The molecule has 9 nitrogen and oxygen atoms in total. The van der Waals surface area contributed by atoms with Crippen LogP contribution in [0.5, 0.6) is 0 Å². The number of benzene rings is 2. The van der Waals surface area contributed by atoms with E-state index in [1.807, 2.05) is 6.07 Å². The van der Waals surface area contributed by atoms with Crippen LogP contribution in [-0.2, 0) is 11.2 Å². The van der Waals surface area contributed by atoms with Gasteiger partial charge in [0.15, 0.2) is 0 Å². The van der Waals surface area contributed by atoms with Gasteiger partial charge in [0.25, 0.3) is 0 Å². The number of nitrogens with zero attached hydrogens (tertiary/aromatic N) is 4. The molecule has 3 aromatic rings. The zero-order valence-corrected chi connectivity index (χ0v) is 18.3. The summed E-state index contributed by atoms with van der Waals surface area (Å²) in [5.74, 6) is -0.273. The summed E-state index contributed by atoms with van der Waals surface area (Å²) in [6, 6.07) is 8.09. The van der Waals surface area contributed by atoms with Crippen LogP contribution >= 0.6 is 0 Å². The molecule has 10 heteroatoms. The molecular formula is C23H25FN6O3. The molecule has 2 aliphatic heterocycles. The second kappa shape index (κ2) is 8.61. The van der Waals surface area contributed by atoms with E-state index in [1.165, 1.54) is 25.8 Å². The Morgan fingerprint density at radius 1 is 1.09 bits per heavy atom. The highest BCUT2D eigenvalue weighted by molar-refractivity contribution is 6.02. The molecule has 5 rings (SSSR count). The van der Waals surface area contributed by atoms with Crippen LogP contribution in [0.15, 0.2) is 36.5 Å². The van der Waals surface area contributed by atoms with E-state index in [-0.39, 0.29) is 5.82 Å². The normalized spacial score (nSPS) is 15.5. The summed E-state index contributed by atoms with van der Waals surface area (Å²) in [4.78, 5) is 26.7. The number of fused-ring (bicyclic) bond motifs is 2. The Labute approximate surface area is 190 Å². The third kappa shape index (κ3) is 3.92. The molecule has 0 radical (unpaired) electrons. The number of nitrogens with one attached hydrogen (secondary N) is 2. The molecule has 0 aliphatic carbocycles. The number of halogens is 1. The molecule has 1 fully saturated rings. The van der Waals surface area contributed by atoms with Gasteiger partial charge in [0.1, 0.15) is 5.82 Å². The molecule has 2 aromatic carbocycles. The molecule has 0 spiro atoms. The number of carbonyl (C=O) groups excluding carboxylic acids is 2. The van der Waals surface area contributed by atoms with Crippen molar-refractivity contribution in [2.45, 2.75) is 25.7 Å². The average Bonchev–Trinajstić information content (AvgIpc) is 3.43. The van der Waals surface area contributed by atoms with Crippen molar-refractivity contribution >= 4 is 40.1 Å². The van der Waals surface area contributed by atoms with E-state index in [9.17, 15) is 14.0 Å². The largest absolute Gasteiger partial charge is 0.451 e. The Morgan fingerprint density at radius 3 is 2.70 bits per heavy atom. The van der Waals surface area contributed by atoms with Gasteiger partial charge >= 0.3 is 12.1 Å². The zero-order valence-electron chi connectivity index (χ0n) is 18.3. The number of rotatable bonds is 3. The van der Waals surface area contributed by atoms with Gasteiger partial charge < -0.3 is 15.0 Å². The molecule has 3 heterocycles. The Hall–Kier alpha value is -3.82. The monoisotopic (exact) mass is 452 g/mol. The lowest BCUT2D eigenvalue weighted by molar-refractivity contribution is 0.170. The number of methoxy groups -OCH3 is 1. The lowest BCUT2D eigenvalue weighted by Gasteiger charge is -2.30. The minimum atomic E-state index is -0.619. The van der Waals surface area contributed by atoms with E-state index >= 15 is 0 Å². The van der Waals surface area contributed by atoms with E-state index in [0.717, 1.165) is 42.6 Å². The average molecular weight is 452 g/mol. The van der Waals surface area contributed by atoms with Crippen LogP contribution in [0.25, 0.3) is 10.9 Å². The molecular weight excluding hydrogens is 427 g/mol. The fraction of sp³-hybridized carbons (Fsp3) is 0.348. The van der Waals surface area contributed by atoms with Crippen molar-refractivity contribution in [3.63, 3.8) is 0 Å². The van der Waals surface area contributed by atoms with Crippen molar-refractivity contribution in [2.75, 3.05) is 42.0 Å². The van der Waals surface area contributed by atoms with Gasteiger partial charge in [-0.25, -0.2) is 19.4 Å². The standard InChI is InChI=1S/C23H25FN6O3/c1-33-23(32)30-19-7-5-6-18(16(19)14-25-30)26-22(31)27-29-11-8-15-12-21(17(24)13-20(15)29)28-9-3-2-4-10-28/h5-7,12-14H,2-4,8-11H2,1H3,(H2,26,27,31). The summed E-state index contributed by atoms with van der Waals surface area (Å²) in [7, 11) is 1.28. The predicted molar refractivity (Wildman–Crippen MR) is 123 cm³/mol. The van der Waals surface area contributed by atoms with Crippen molar-refractivity contribution in [2.24, 2.45) is 0 Å². The quantitative estimate of drug-likeness (QED) is 0.627. The molecule has 33 heavy (non-hydrogen) atoms. The minimum absolute atomic E-state index is 0.273. The lowest BCUT2D eigenvalue weighted by atomic mass is 10.1. The molecule has 0 unspecified atom stereocenters. The first kappa shape index (κ1) is 21.0. The number of ether oxygens (including phenoxy) is 1.